The molecule has 3 aromatic rings. The number of rotatable bonds is 3. The van der Waals surface area contributed by atoms with E-state index in [0.717, 1.165) is 12.1 Å². The van der Waals surface area contributed by atoms with Gasteiger partial charge in [-0.3, -0.25) is 4.79 Å². The van der Waals surface area contributed by atoms with Crippen molar-refractivity contribution in [3.63, 3.8) is 0 Å². The fourth-order valence-corrected chi connectivity index (χ4v) is 2.53. The van der Waals surface area contributed by atoms with Gasteiger partial charge in [-0.15, -0.1) is 13.2 Å². The molecule has 9 heteroatoms. The van der Waals surface area contributed by atoms with Crippen LogP contribution in [0, 0.1) is 0 Å². The molecular weight excluding hydrogens is 355 g/mol. The van der Waals surface area contributed by atoms with Crippen LogP contribution < -0.4 is 16.1 Å². The first-order chi connectivity index (χ1) is 12.2. The summed E-state index contributed by atoms with van der Waals surface area (Å²) in [5.41, 5.74) is 4.00. The van der Waals surface area contributed by atoms with E-state index in [1.165, 1.54) is 30.3 Å². The van der Waals surface area contributed by atoms with Crippen LogP contribution in [0.15, 0.2) is 51.7 Å². The van der Waals surface area contributed by atoms with Crippen LogP contribution in [-0.4, -0.2) is 17.4 Å². The van der Waals surface area contributed by atoms with Crippen molar-refractivity contribution in [2.24, 2.45) is 5.73 Å². The van der Waals surface area contributed by atoms with Gasteiger partial charge in [-0.2, -0.15) is 0 Å². The molecule has 0 saturated carbocycles. The second kappa shape index (κ2) is 6.10. The zero-order valence-electron chi connectivity index (χ0n) is 12.8. The standard InChI is InChI=1S/C17H10F3NO5/c18-17(19,20)26-9-6-4-8(5-7-9)10-2-1-3-11-12(10)14(22)13(15(21)23)16(24)25-11/h1-7,22H,(H2,21,23). The number of carbonyl (C=O) groups excluding carboxylic acids is 1. The lowest BCUT2D eigenvalue weighted by atomic mass is 9.99. The number of halogens is 3. The SMILES string of the molecule is NC(=O)c1c(O)c2c(-c3ccc(OC(F)(F)F)cc3)cccc2oc1=O. The smallest absolute Gasteiger partial charge is 0.506 e. The fourth-order valence-electron chi connectivity index (χ4n) is 2.53. The molecule has 0 spiro atoms. The average Bonchev–Trinajstić information content (AvgIpc) is 2.53. The topological polar surface area (TPSA) is 103 Å². The van der Waals surface area contributed by atoms with Crippen LogP contribution in [0.25, 0.3) is 22.1 Å². The van der Waals surface area contributed by atoms with E-state index in [4.69, 9.17) is 10.2 Å². The lowest BCUT2D eigenvalue weighted by molar-refractivity contribution is -0.274. The van der Waals surface area contributed by atoms with Crippen molar-refractivity contribution >= 4 is 16.9 Å². The molecule has 6 nitrogen and oxygen atoms in total. The van der Waals surface area contributed by atoms with Crippen LogP contribution >= 0.6 is 0 Å². The number of amides is 1. The van der Waals surface area contributed by atoms with E-state index in [0.29, 0.717) is 11.1 Å². The monoisotopic (exact) mass is 365 g/mol. The zero-order valence-corrected chi connectivity index (χ0v) is 12.8. The van der Waals surface area contributed by atoms with Crippen molar-refractivity contribution in [1.82, 2.24) is 0 Å². The number of hydrogen-bond acceptors (Lipinski definition) is 5. The van der Waals surface area contributed by atoms with E-state index in [9.17, 15) is 27.9 Å². The minimum absolute atomic E-state index is 0.00869. The summed E-state index contributed by atoms with van der Waals surface area (Å²) in [6.45, 7) is 0. The number of primary amides is 1. The number of carbonyl (C=O) groups is 1. The Bertz CT molecular complexity index is 1050. The summed E-state index contributed by atoms with van der Waals surface area (Å²) in [6, 6.07) is 9.27. The number of hydrogen-bond donors (Lipinski definition) is 2. The molecule has 2 aromatic carbocycles. The molecule has 0 bridgehead atoms. The molecule has 0 atom stereocenters. The average molecular weight is 365 g/mol. The van der Waals surface area contributed by atoms with Crippen molar-refractivity contribution < 1.29 is 32.2 Å². The summed E-state index contributed by atoms with van der Waals surface area (Å²) in [7, 11) is 0. The van der Waals surface area contributed by atoms with Gasteiger partial charge in [0, 0.05) is 0 Å². The number of aromatic hydroxyl groups is 1. The highest BCUT2D eigenvalue weighted by molar-refractivity contribution is 6.05. The van der Waals surface area contributed by atoms with Crippen molar-refractivity contribution in [2.75, 3.05) is 0 Å². The number of ether oxygens (including phenoxy) is 1. The first-order valence-corrected chi connectivity index (χ1v) is 7.12. The van der Waals surface area contributed by atoms with Gasteiger partial charge in [0.2, 0.25) is 0 Å². The second-order valence-electron chi connectivity index (χ2n) is 5.23. The highest BCUT2D eigenvalue weighted by Gasteiger charge is 2.31. The summed E-state index contributed by atoms with van der Waals surface area (Å²) >= 11 is 0. The summed E-state index contributed by atoms with van der Waals surface area (Å²) in [4.78, 5) is 23.2. The number of benzene rings is 2. The Labute approximate surface area is 143 Å². The molecule has 0 unspecified atom stereocenters. The van der Waals surface area contributed by atoms with Gasteiger partial charge in [0.25, 0.3) is 5.91 Å². The number of nitrogens with two attached hydrogens (primary N) is 1. The molecule has 1 amide bonds. The third-order valence-corrected chi connectivity index (χ3v) is 3.55. The highest BCUT2D eigenvalue weighted by Crippen LogP contribution is 2.36. The normalized spacial score (nSPS) is 11.5. The Morgan fingerprint density at radius 1 is 1.12 bits per heavy atom. The lowest BCUT2D eigenvalue weighted by Crippen LogP contribution is -2.21. The van der Waals surface area contributed by atoms with Crippen molar-refractivity contribution in [3.8, 4) is 22.6 Å². The van der Waals surface area contributed by atoms with Gasteiger partial charge in [-0.1, -0.05) is 24.3 Å². The minimum Gasteiger partial charge on any atom is -0.506 e. The quantitative estimate of drug-likeness (QED) is 0.694. The van der Waals surface area contributed by atoms with Gasteiger partial charge in [-0.05, 0) is 29.3 Å². The molecule has 3 N–H and O–H groups in total. The van der Waals surface area contributed by atoms with Crippen LogP contribution in [0.4, 0.5) is 13.2 Å². The summed E-state index contributed by atoms with van der Waals surface area (Å²) in [5, 5.41) is 10.3. The zero-order chi connectivity index (χ0) is 19.1. The third kappa shape index (κ3) is 3.18. The summed E-state index contributed by atoms with van der Waals surface area (Å²) in [6.07, 6.45) is -4.82. The molecule has 3 rings (SSSR count). The first-order valence-electron chi connectivity index (χ1n) is 7.12. The van der Waals surface area contributed by atoms with Crippen molar-refractivity contribution in [3.05, 3.63) is 58.4 Å². The van der Waals surface area contributed by atoms with Crippen molar-refractivity contribution in [1.29, 1.82) is 0 Å². The molecule has 1 aromatic heterocycles. The second-order valence-corrected chi connectivity index (χ2v) is 5.23. The summed E-state index contributed by atoms with van der Waals surface area (Å²) in [5.74, 6) is -2.24. The van der Waals surface area contributed by atoms with Gasteiger partial charge in [0.15, 0.2) is 5.56 Å². The maximum atomic E-state index is 12.2. The van der Waals surface area contributed by atoms with E-state index in [1.54, 1.807) is 0 Å². The molecular formula is C17H10F3NO5. The van der Waals surface area contributed by atoms with Gasteiger partial charge in [0.05, 0.1) is 5.39 Å². The summed E-state index contributed by atoms with van der Waals surface area (Å²) < 4.78 is 45.5. The largest absolute Gasteiger partial charge is 0.573 e. The Morgan fingerprint density at radius 3 is 2.35 bits per heavy atom. The maximum absolute atomic E-state index is 12.2. The molecule has 134 valence electrons. The Balaban J connectivity index is 2.18. The first kappa shape index (κ1) is 17.3. The Hall–Kier alpha value is -3.49. The molecule has 0 radical (unpaired) electrons. The van der Waals surface area contributed by atoms with Crippen LogP contribution in [-0.2, 0) is 0 Å². The van der Waals surface area contributed by atoms with Gasteiger partial charge < -0.3 is 20.0 Å². The van der Waals surface area contributed by atoms with Crippen LogP contribution in [0.5, 0.6) is 11.5 Å². The van der Waals surface area contributed by atoms with E-state index in [2.05, 4.69) is 4.74 Å². The molecule has 0 aliphatic heterocycles. The van der Waals surface area contributed by atoms with Crippen LogP contribution in [0.1, 0.15) is 10.4 Å². The van der Waals surface area contributed by atoms with Crippen molar-refractivity contribution in [2.45, 2.75) is 6.36 Å². The van der Waals surface area contributed by atoms with Crippen LogP contribution in [0.3, 0.4) is 0 Å². The van der Waals surface area contributed by atoms with E-state index >= 15 is 0 Å². The molecule has 0 aliphatic carbocycles. The van der Waals surface area contributed by atoms with Gasteiger partial charge in [0.1, 0.15) is 17.1 Å². The van der Waals surface area contributed by atoms with Gasteiger partial charge in [-0.25, -0.2) is 4.79 Å². The molecule has 0 aliphatic rings. The van der Waals surface area contributed by atoms with E-state index < -0.39 is 35.0 Å². The van der Waals surface area contributed by atoms with E-state index in [1.807, 2.05) is 0 Å². The van der Waals surface area contributed by atoms with Crippen LogP contribution in [0.2, 0.25) is 0 Å². The predicted molar refractivity (Wildman–Crippen MR) is 84.8 cm³/mol. The molecule has 0 saturated heterocycles. The Morgan fingerprint density at radius 2 is 1.77 bits per heavy atom. The maximum Gasteiger partial charge on any atom is 0.573 e. The highest BCUT2D eigenvalue weighted by atomic mass is 19.4. The lowest BCUT2D eigenvalue weighted by Gasteiger charge is -2.11. The number of fused-ring (bicyclic) bond motifs is 1. The molecule has 0 fully saturated rings. The fraction of sp³-hybridized carbons (Fsp3) is 0.0588. The third-order valence-electron chi connectivity index (χ3n) is 3.55. The van der Waals surface area contributed by atoms with Gasteiger partial charge >= 0.3 is 12.0 Å². The predicted octanol–water partition coefficient (Wildman–Crippen LogP) is 3.16. The Kier molecular flexibility index (Phi) is 4.07. The molecule has 26 heavy (non-hydrogen) atoms. The van der Waals surface area contributed by atoms with E-state index in [-0.39, 0.29) is 11.0 Å². The minimum atomic E-state index is -4.82. The number of alkyl halides is 3. The molecule has 1 heterocycles.